The number of carbonyl (C=O) groups excluding carboxylic acids is 2. The minimum atomic E-state index is -0.498. The van der Waals surface area contributed by atoms with Crippen LogP contribution in [0, 0.1) is 5.41 Å². The number of hydrogen-bond acceptors (Lipinski definition) is 3. The molecular weight excluding hydrogens is 314 g/mol. The first-order chi connectivity index (χ1) is 11.6. The minimum absolute atomic E-state index is 0.0845. The highest BCUT2D eigenvalue weighted by atomic mass is 16.2. The van der Waals surface area contributed by atoms with E-state index in [2.05, 4.69) is 43.1 Å². The quantitative estimate of drug-likeness (QED) is 0.857. The molecule has 0 bridgehead atoms. The molecule has 138 valence electrons. The summed E-state index contributed by atoms with van der Waals surface area (Å²) in [6.07, 6.45) is 0.806. The van der Waals surface area contributed by atoms with Gasteiger partial charge in [-0.2, -0.15) is 0 Å². The van der Waals surface area contributed by atoms with Gasteiger partial charge in [0.15, 0.2) is 0 Å². The largest absolute Gasteiger partial charge is 0.368 e. The van der Waals surface area contributed by atoms with Crippen LogP contribution in [0.15, 0.2) is 30.3 Å². The second kappa shape index (κ2) is 7.46. The van der Waals surface area contributed by atoms with Gasteiger partial charge in [0.1, 0.15) is 0 Å². The molecule has 0 spiro atoms. The Morgan fingerprint density at radius 2 is 1.52 bits per heavy atom. The molecule has 2 amide bonds. The van der Waals surface area contributed by atoms with Crippen molar-refractivity contribution in [2.24, 2.45) is 5.41 Å². The summed E-state index contributed by atoms with van der Waals surface area (Å²) in [5.41, 5.74) is 0.836. The Bertz CT molecular complexity index is 597. The van der Waals surface area contributed by atoms with Gasteiger partial charge in [0.05, 0.1) is 0 Å². The summed E-state index contributed by atoms with van der Waals surface area (Å²) in [5, 5.41) is 2.91. The molecular formula is C20H31N3O2. The van der Waals surface area contributed by atoms with Crippen LogP contribution in [0.1, 0.15) is 41.0 Å². The molecule has 1 aliphatic heterocycles. The molecule has 0 saturated carbocycles. The molecule has 5 nitrogen and oxygen atoms in total. The second-order valence-corrected chi connectivity index (χ2v) is 8.69. The molecule has 1 heterocycles. The van der Waals surface area contributed by atoms with Crippen LogP contribution in [-0.2, 0) is 9.59 Å². The van der Waals surface area contributed by atoms with Gasteiger partial charge in [-0.1, -0.05) is 39.0 Å². The Morgan fingerprint density at radius 1 is 0.960 bits per heavy atom. The third kappa shape index (κ3) is 5.76. The van der Waals surface area contributed by atoms with Gasteiger partial charge in [0, 0.05) is 37.4 Å². The molecule has 1 fully saturated rings. The molecule has 0 aromatic heterocycles. The Hall–Kier alpha value is -2.04. The summed E-state index contributed by atoms with van der Waals surface area (Å²) >= 11 is 0. The number of piperazine rings is 1. The lowest BCUT2D eigenvalue weighted by molar-refractivity contribution is -0.147. The molecule has 1 saturated heterocycles. The number of anilines is 1. The van der Waals surface area contributed by atoms with Gasteiger partial charge in [0.2, 0.25) is 0 Å². The number of carbonyl (C=O) groups is 2. The smallest absolute Gasteiger partial charge is 0.312 e. The highest BCUT2D eigenvalue weighted by Gasteiger charge is 2.32. The van der Waals surface area contributed by atoms with Crippen molar-refractivity contribution in [2.45, 2.75) is 46.6 Å². The van der Waals surface area contributed by atoms with E-state index < -0.39 is 17.4 Å². The molecule has 1 aromatic carbocycles. The molecule has 0 radical (unpaired) electrons. The summed E-state index contributed by atoms with van der Waals surface area (Å²) in [5.74, 6) is -0.919. The van der Waals surface area contributed by atoms with Crippen LogP contribution in [0.3, 0.4) is 0 Å². The van der Waals surface area contributed by atoms with Crippen LogP contribution in [0.25, 0.3) is 0 Å². The van der Waals surface area contributed by atoms with Crippen molar-refractivity contribution < 1.29 is 9.59 Å². The van der Waals surface area contributed by atoms with Crippen LogP contribution in [0.4, 0.5) is 5.69 Å². The number of amides is 2. The van der Waals surface area contributed by atoms with Gasteiger partial charge in [-0.15, -0.1) is 0 Å². The lowest BCUT2D eigenvalue weighted by Gasteiger charge is -2.37. The maximum atomic E-state index is 12.5. The van der Waals surface area contributed by atoms with Gasteiger partial charge in [0.25, 0.3) is 0 Å². The van der Waals surface area contributed by atoms with Crippen LogP contribution in [0.5, 0.6) is 0 Å². The summed E-state index contributed by atoms with van der Waals surface area (Å²) in [6.45, 7) is 13.0. The second-order valence-electron chi connectivity index (χ2n) is 8.69. The van der Waals surface area contributed by atoms with E-state index in [-0.39, 0.29) is 5.41 Å². The minimum Gasteiger partial charge on any atom is -0.368 e. The number of benzene rings is 1. The average molecular weight is 345 g/mol. The molecule has 2 rings (SSSR count). The Labute approximate surface area is 151 Å². The first-order valence-electron chi connectivity index (χ1n) is 8.99. The van der Waals surface area contributed by atoms with E-state index in [0.717, 1.165) is 25.2 Å². The van der Waals surface area contributed by atoms with Gasteiger partial charge >= 0.3 is 11.8 Å². The fourth-order valence-electron chi connectivity index (χ4n) is 3.68. The molecule has 25 heavy (non-hydrogen) atoms. The van der Waals surface area contributed by atoms with E-state index in [9.17, 15) is 9.59 Å². The Balaban J connectivity index is 1.88. The molecule has 0 atom stereocenters. The number of hydrogen-bond donors (Lipinski definition) is 1. The maximum Gasteiger partial charge on any atom is 0.312 e. The van der Waals surface area contributed by atoms with Gasteiger partial charge < -0.3 is 15.1 Å². The fraction of sp³-hybridized carbons (Fsp3) is 0.600. The summed E-state index contributed by atoms with van der Waals surface area (Å²) < 4.78 is 0. The first-order valence-corrected chi connectivity index (χ1v) is 8.99. The first kappa shape index (κ1) is 19.3. The van der Waals surface area contributed by atoms with Gasteiger partial charge in [-0.05, 0) is 37.8 Å². The predicted octanol–water partition coefficient (Wildman–Crippen LogP) is 2.67. The van der Waals surface area contributed by atoms with E-state index in [1.807, 2.05) is 32.0 Å². The van der Waals surface area contributed by atoms with Crippen molar-refractivity contribution in [1.29, 1.82) is 0 Å². The van der Waals surface area contributed by atoms with E-state index in [1.165, 1.54) is 0 Å². The SMILES string of the molecule is CC(C)(C)CC(C)(C)NC(=O)C(=O)N1CCN(c2ccccc2)CC1. The Morgan fingerprint density at radius 3 is 2.04 bits per heavy atom. The summed E-state index contributed by atoms with van der Waals surface area (Å²) in [4.78, 5) is 28.8. The van der Waals surface area contributed by atoms with Crippen molar-refractivity contribution in [2.75, 3.05) is 31.1 Å². The number of nitrogens with zero attached hydrogens (tertiary/aromatic N) is 2. The Kier molecular flexibility index (Phi) is 5.76. The van der Waals surface area contributed by atoms with Crippen molar-refractivity contribution in [3.63, 3.8) is 0 Å². The van der Waals surface area contributed by atoms with Crippen LogP contribution in [0.2, 0.25) is 0 Å². The molecule has 5 heteroatoms. The number of rotatable bonds is 3. The lowest BCUT2D eigenvalue weighted by atomic mass is 9.82. The topological polar surface area (TPSA) is 52.7 Å². The van der Waals surface area contributed by atoms with Crippen molar-refractivity contribution in [1.82, 2.24) is 10.2 Å². The normalized spacial score (nSPS) is 15.9. The zero-order valence-electron chi connectivity index (χ0n) is 16.1. The highest BCUT2D eigenvalue weighted by Crippen LogP contribution is 2.26. The lowest BCUT2D eigenvalue weighted by Crippen LogP contribution is -2.56. The fourth-order valence-corrected chi connectivity index (χ4v) is 3.68. The van der Waals surface area contributed by atoms with Crippen molar-refractivity contribution >= 4 is 17.5 Å². The van der Waals surface area contributed by atoms with E-state index in [0.29, 0.717) is 13.1 Å². The van der Waals surface area contributed by atoms with E-state index in [1.54, 1.807) is 4.90 Å². The predicted molar refractivity (Wildman–Crippen MR) is 102 cm³/mol. The van der Waals surface area contributed by atoms with Crippen LogP contribution < -0.4 is 10.2 Å². The zero-order valence-corrected chi connectivity index (χ0v) is 16.1. The molecule has 1 aromatic rings. The monoisotopic (exact) mass is 345 g/mol. The van der Waals surface area contributed by atoms with E-state index >= 15 is 0 Å². The third-order valence-electron chi connectivity index (χ3n) is 4.31. The van der Waals surface area contributed by atoms with E-state index in [4.69, 9.17) is 0 Å². The number of nitrogens with one attached hydrogen (secondary N) is 1. The average Bonchev–Trinajstić information content (AvgIpc) is 2.52. The standard InChI is InChI=1S/C20H31N3O2/c1-19(2,3)15-20(4,5)21-17(24)18(25)23-13-11-22(12-14-23)16-9-7-6-8-10-16/h6-10H,11-15H2,1-5H3,(H,21,24). The molecule has 0 unspecified atom stereocenters. The summed E-state index contributed by atoms with van der Waals surface area (Å²) in [6, 6.07) is 10.2. The molecule has 0 aliphatic carbocycles. The summed E-state index contributed by atoms with van der Waals surface area (Å²) in [7, 11) is 0. The molecule has 1 N–H and O–H groups in total. The van der Waals surface area contributed by atoms with Gasteiger partial charge in [-0.25, -0.2) is 0 Å². The maximum absolute atomic E-state index is 12.5. The molecule has 1 aliphatic rings. The van der Waals surface area contributed by atoms with Crippen LogP contribution in [-0.4, -0.2) is 48.4 Å². The van der Waals surface area contributed by atoms with Gasteiger partial charge in [-0.3, -0.25) is 9.59 Å². The third-order valence-corrected chi connectivity index (χ3v) is 4.31. The van der Waals surface area contributed by atoms with Crippen molar-refractivity contribution in [3.05, 3.63) is 30.3 Å². The van der Waals surface area contributed by atoms with Crippen molar-refractivity contribution in [3.8, 4) is 0 Å². The highest BCUT2D eigenvalue weighted by molar-refractivity contribution is 6.35. The number of para-hydroxylation sites is 1. The zero-order chi connectivity index (χ0) is 18.7. The van der Waals surface area contributed by atoms with Crippen LogP contribution >= 0.6 is 0 Å².